The van der Waals surface area contributed by atoms with Crippen molar-refractivity contribution in [3.63, 3.8) is 0 Å². The highest BCUT2D eigenvalue weighted by atomic mass is 127. The molecule has 0 saturated carbocycles. The Morgan fingerprint density at radius 1 is 1.38 bits per heavy atom. The Hall–Kier alpha value is -0.850. The van der Waals surface area contributed by atoms with Crippen LogP contribution in [0.15, 0.2) is 12.1 Å². The van der Waals surface area contributed by atoms with Crippen molar-refractivity contribution in [2.75, 3.05) is 7.11 Å². The zero-order valence-corrected chi connectivity index (χ0v) is 11.9. The molecule has 0 unspecified atom stereocenters. The summed E-state index contributed by atoms with van der Waals surface area (Å²) in [5.74, 6) is 0.332. The number of benzene rings is 1. The molecular weight excluding hydrogens is 321 g/mol. The van der Waals surface area contributed by atoms with Crippen LogP contribution < -0.4 is 4.74 Å². The Bertz CT molecular complexity index is 424. The van der Waals surface area contributed by atoms with Crippen molar-refractivity contribution in [2.45, 2.75) is 26.2 Å². The molecule has 0 aliphatic carbocycles. The van der Waals surface area contributed by atoms with Gasteiger partial charge in [0.05, 0.1) is 15.6 Å². The van der Waals surface area contributed by atoms with Gasteiger partial charge < -0.3 is 4.74 Å². The first kappa shape index (κ1) is 13.2. The van der Waals surface area contributed by atoms with Crippen LogP contribution in [0.5, 0.6) is 5.75 Å². The lowest BCUT2D eigenvalue weighted by atomic mass is 9.87. The largest absolute Gasteiger partial charge is 0.489 e. The second-order valence-electron chi connectivity index (χ2n) is 4.52. The monoisotopic (exact) mass is 335 g/mol. The molecule has 1 rings (SSSR count). The summed E-state index contributed by atoms with van der Waals surface area (Å²) in [5, 5.41) is 10.9. The van der Waals surface area contributed by atoms with E-state index in [9.17, 15) is 10.1 Å². The fourth-order valence-electron chi connectivity index (χ4n) is 1.35. The third-order valence-corrected chi connectivity index (χ3v) is 3.09. The SMILES string of the molecule is COc1c(I)cc(C(C)(C)C)cc1[N+](=O)[O-]. The minimum Gasteiger partial charge on any atom is -0.489 e. The summed E-state index contributed by atoms with van der Waals surface area (Å²) in [6, 6.07) is 3.51. The Morgan fingerprint density at radius 2 is 1.94 bits per heavy atom. The predicted molar refractivity (Wildman–Crippen MR) is 71.1 cm³/mol. The van der Waals surface area contributed by atoms with Crippen molar-refractivity contribution >= 4 is 28.3 Å². The van der Waals surface area contributed by atoms with Crippen molar-refractivity contribution in [1.29, 1.82) is 0 Å². The molecule has 4 nitrogen and oxygen atoms in total. The summed E-state index contributed by atoms with van der Waals surface area (Å²) in [6.45, 7) is 6.07. The number of nitro benzene ring substituents is 1. The molecule has 0 fully saturated rings. The zero-order chi connectivity index (χ0) is 12.5. The Balaban J connectivity index is 3.46. The van der Waals surface area contributed by atoms with Gasteiger partial charge in [-0.2, -0.15) is 0 Å². The predicted octanol–water partition coefficient (Wildman–Crippen LogP) is 3.51. The number of halogens is 1. The number of rotatable bonds is 2. The molecule has 0 aromatic heterocycles. The van der Waals surface area contributed by atoms with Crippen LogP contribution in [0.25, 0.3) is 0 Å². The maximum absolute atomic E-state index is 10.9. The molecule has 0 atom stereocenters. The topological polar surface area (TPSA) is 52.4 Å². The van der Waals surface area contributed by atoms with E-state index in [1.54, 1.807) is 6.07 Å². The third-order valence-electron chi connectivity index (χ3n) is 2.29. The Morgan fingerprint density at radius 3 is 2.31 bits per heavy atom. The van der Waals surface area contributed by atoms with Gasteiger partial charge in [0, 0.05) is 6.07 Å². The maximum atomic E-state index is 10.9. The van der Waals surface area contributed by atoms with Crippen LogP contribution in [0, 0.1) is 13.7 Å². The smallest absolute Gasteiger partial charge is 0.312 e. The van der Waals surface area contributed by atoms with Crippen LogP contribution in [-0.2, 0) is 5.41 Å². The van der Waals surface area contributed by atoms with E-state index in [2.05, 4.69) is 22.6 Å². The quantitative estimate of drug-likeness (QED) is 0.472. The molecule has 16 heavy (non-hydrogen) atoms. The normalized spacial score (nSPS) is 11.3. The van der Waals surface area contributed by atoms with Crippen LogP contribution in [0.1, 0.15) is 26.3 Å². The minimum atomic E-state index is -0.407. The van der Waals surface area contributed by atoms with Crippen molar-refractivity contribution in [3.8, 4) is 5.75 Å². The molecule has 0 spiro atoms. The van der Waals surface area contributed by atoms with E-state index >= 15 is 0 Å². The van der Waals surface area contributed by atoms with E-state index in [1.165, 1.54) is 7.11 Å². The van der Waals surface area contributed by atoms with Gasteiger partial charge in [0.15, 0.2) is 0 Å². The van der Waals surface area contributed by atoms with Gasteiger partial charge in [-0.3, -0.25) is 10.1 Å². The van der Waals surface area contributed by atoms with Gasteiger partial charge in [-0.05, 0) is 39.6 Å². The van der Waals surface area contributed by atoms with Crippen molar-refractivity contribution in [2.24, 2.45) is 0 Å². The molecule has 0 heterocycles. The van der Waals surface area contributed by atoms with E-state index in [-0.39, 0.29) is 11.1 Å². The second kappa shape index (κ2) is 4.57. The second-order valence-corrected chi connectivity index (χ2v) is 5.68. The van der Waals surface area contributed by atoms with Crippen LogP contribution in [-0.4, -0.2) is 12.0 Å². The van der Waals surface area contributed by atoms with E-state index in [1.807, 2.05) is 26.8 Å². The van der Waals surface area contributed by atoms with Gasteiger partial charge in [0.25, 0.3) is 0 Å². The van der Waals surface area contributed by atoms with Gasteiger partial charge in [-0.15, -0.1) is 0 Å². The molecule has 0 bridgehead atoms. The lowest BCUT2D eigenvalue weighted by Crippen LogP contribution is -2.12. The first-order valence-corrected chi connectivity index (χ1v) is 5.87. The van der Waals surface area contributed by atoms with Crippen molar-refractivity contribution in [3.05, 3.63) is 31.4 Å². The maximum Gasteiger partial charge on any atom is 0.312 e. The molecule has 0 aliphatic heterocycles. The van der Waals surface area contributed by atoms with Gasteiger partial charge in [0.1, 0.15) is 0 Å². The first-order valence-electron chi connectivity index (χ1n) is 4.79. The zero-order valence-electron chi connectivity index (χ0n) is 9.70. The highest BCUT2D eigenvalue weighted by molar-refractivity contribution is 14.1. The first-order chi connectivity index (χ1) is 7.27. The molecule has 88 valence electrons. The highest BCUT2D eigenvalue weighted by Crippen LogP contribution is 2.36. The molecular formula is C11H14INO3. The van der Waals surface area contributed by atoms with Gasteiger partial charge in [-0.25, -0.2) is 0 Å². The molecule has 0 radical (unpaired) electrons. The number of methoxy groups -OCH3 is 1. The molecule has 1 aromatic carbocycles. The highest BCUT2D eigenvalue weighted by Gasteiger charge is 2.24. The van der Waals surface area contributed by atoms with Crippen molar-refractivity contribution < 1.29 is 9.66 Å². The summed E-state index contributed by atoms with van der Waals surface area (Å²) in [7, 11) is 1.45. The van der Waals surface area contributed by atoms with E-state index in [4.69, 9.17) is 4.74 Å². The average Bonchev–Trinajstić information content (AvgIpc) is 2.14. The summed E-state index contributed by atoms with van der Waals surface area (Å²) in [4.78, 5) is 10.5. The minimum absolute atomic E-state index is 0.0272. The van der Waals surface area contributed by atoms with Gasteiger partial charge in [0.2, 0.25) is 5.75 Å². The average molecular weight is 335 g/mol. The van der Waals surface area contributed by atoms with Crippen LogP contribution in [0.4, 0.5) is 5.69 Å². The molecule has 0 saturated heterocycles. The number of ether oxygens (including phenoxy) is 1. The number of nitrogens with zero attached hydrogens (tertiary/aromatic N) is 1. The molecule has 5 heteroatoms. The van der Waals surface area contributed by atoms with Crippen LogP contribution >= 0.6 is 22.6 Å². The van der Waals surface area contributed by atoms with Crippen LogP contribution in [0.3, 0.4) is 0 Å². The third kappa shape index (κ3) is 2.63. The number of hydrogen-bond donors (Lipinski definition) is 0. The Kier molecular flexibility index (Phi) is 3.77. The van der Waals surface area contributed by atoms with E-state index < -0.39 is 4.92 Å². The van der Waals surface area contributed by atoms with Gasteiger partial charge in [-0.1, -0.05) is 20.8 Å². The van der Waals surface area contributed by atoms with E-state index in [0.29, 0.717) is 5.75 Å². The number of hydrogen-bond acceptors (Lipinski definition) is 3. The summed E-state index contributed by atoms with van der Waals surface area (Å²) < 4.78 is 5.82. The summed E-state index contributed by atoms with van der Waals surface area (Å²) in [5.41, 5.74) is 0.848. The fourth-order valence-corrected chi connectivity index (χ4v) is 2.18. The lowest BCUT2D eigenvalue weighted by Gasteiger charge is -2.19. The molecule has 0 aliphatic rings. The van der Waals surface area contributed by atoms with Crippen LogP contribution in [0.2, 0.25) is 0 Å². The van der Waals surface area contributed by atoms with Gasteiger partial charge >= 0.3 is 5.69 Å². The molecule has 0 amide bonds. The van der Waals surface area contributed by atoms with Crippen molar-refractivity contribution in [1.82, 2.24) is 0 Å². The molecule has 1 aromatic rings. The van der Waals surface area contributed by atoms with E-state index in [0.717, 1.165) is 9.13 Å². The summed E-state index contributed by atoms with van der Waals surface area (Å²) in [6.07, 6.45) is 0. The Labute approximate surface area is 108 Å². The standard InChI is InChI=1S/C11H14INO3/c1-11(2,3)7-5-8(12)10(16-4)9(6-7)13(14)15/h5-6H,1-4H3. The lowest BCUT2D eigenvalue weighted by molar-refractivity contribution is -0.385. The molecule has 0 N–H and O–H groups in total. The number of nitro groups is 1. The summed E-state index contributed by atoms with van der Waals surface area (Å²) >= 11 is 2.06. The fraction of sp³-hybridized carbons (Fsp3) is 0.455.